The van der Waals surface area contributed by atoms with Crippen LogP contribution < -0.4 is 0 Å². The van der Waals surface area contributed by atoms with Gasteiger partial charge in [-0.2, -0.15) is 12.6 Å². The minimum absolute atomic E-state index is 0.751. The SMILES string of the molecule is CCC1(C2C3CC(PC)C(S)C32)C2CC3=C(C3)[C@@H]21. The van der Waals surface area contributed by atoms with E-state index in [2.05, 4.69) is 13.6 Å². The fourth-order valence-corrected chi connectivity index (χ4v) is 8.54. The number of rotatable bonds is 3. The first kappa shape index (κ1) is 11.2. The van der Waals surface area contributed by atoms with Gasteiger partial charge in [-0.25, -0.2) is 0 Å². The van der Waals surface area contributed by atoms with Gasteiger partial charge in [0.2, 0.25) is 0 Å². The van der Waals surface area contributed by atoms with Gasteiger partial charge in [0.05, 0.1) is 0 Å². The van der Waals surface area contributed by atoms with E-state index in [4.69, 9.17) is 12.6 Å². The monoisotopic (exact) mass is 278 g/mol. The van der Waals surface area contributed by atoms with Gasteiger partial charge in [0.1, 0.15) is 0 Å². The summed E-state index contributed by atoms with van der Waals surface area (Å²) >= 11 is 5.00. The summed E-state index contributed by atoms with van der Waals surface area (Å²) < 4.78 is 0. The quantitative estimate of drug-likeness (QED) is 0.451. The first-order valence-corrected chi connectivity index (χ1v) is 9.89. The summed E-state index contributed by atoms with van der Waals surface area (Å²) in [4.78, 5) is 0. The molecule has 0 bridgehead atoms. The van der Waals surface area contributed by atoms with Crippen molar-refractivity contribution < 1.29 is 0 Å². The third-order valence-corrected chi connectivity index (χ3v) is 9.62. The lowest BCUT2D eigenvalue weighted by Crippen LogP contribution is -2.21. The summed E-state index contributed by atoms with van der Waals surface area (Å²) in [5.41, 5.74) is 5.54. The van der Waals surface area contributed by atoms with E-state index in [0.717, 1.165) is 54.5 Å². The maximum absolute atomic E-state index is 5.00. The average molecular weight is 278 g/mol. The minimum Gasteiger partial charge on any atom is -0.175 e. The Balaban J connectivity index is 1.41. The van der Waals surface area contributed by atoms with E-state index in [0.29, 0.717) is 0 Å². The van der Waals surface area contributed by atoms with Crippen molar-refractivity contribution in [3.05, 3.63) is 11.1 Å². The van der Waals surface area contributed by atoms with Gasteiger partial charge < -0.3 is 0 Å². The van der Waals surface area contributed by atoms with Crippen molar-refractivity contribution in [1.82, 2.24) is 0 Å². The maximum Gasteiger partial charge on any atom is 0.0116 e. The van der Waals surface area contributed by atoms with Crippen molar-refractivity contribution in [2.45, 2.75) is 43.5 Å². The van der Waals surface area contributed by atoms with E-state index in [-0.39, 0.29) is 0 Å². The number of fused-ring (bicyclic) bond motifs is 3. The second-order valence-electron chi connectivity index (χ2n) is 7.45. The van der Waals surface area contributed by atoms with Gasteiger partial charge in [-0.3, -0.25) is 0 Å². The molecule has 18 heavy (non-hydrogen) atoms. The van der Waals surface area contributed by atoms with Crippen molar-refractivity contribution in [3.8, 4) is 0 Å². The fraction of sp³-hybridized carbons (Fsp3) is 0.875. The van der Waals surface area contributed by atoms with Crippen molar-refractivity contribution in [2.75, 3.05) is 6.66 Å². The summed E-state index contributed by atoms with van der Waals surface area (Å²) in [5.74, 6) is 5.34. The van der Waals surface area contributed by atoms with Crippen LogP contribution in [0.5, 0.6) is 0 Å². The summed E-state index contributed by atoms with van der Waals surface area (Å²) in [5, 5.41) is 0.751. The van der Waals surface area contributed by atoms with E-state index in [1.807, 2.05) is 11.1 Å². The molecule has 5 aliphatic rings. The van der Waals surface area contributed by atoms with Crippen molar-refractivity contribution in [1.29, 1.82) is 0 Å². The van der Waals surface area contributed by atoms with Gasteiger partial charge in [-0.15, -0.1) is 8.58 Å². The summed E-state index contributed by atoms with van der Waals surface area (Å²) in [7, 11) is 1.12. The molecule has 0 aliphatic heterocycles. The molecule has 0 spiro atoms. The molecule has 0 heterocycles. The molecule has 8 unspecified atom stereocenters. The molecule has 0 nitrogen and oxygen atoms in total. The van der Waals surface area contributed by atoms with Crippen LogP contribution in [0.15, 0.2) is 11.1 Å². The Morgan fingerprint density at radius 3 is 2.78 bits per heavy atom. The van der Waals surface area contributed by atoms with Gasteiger partial charge >= 0.3 is 0 Å². The molecule has 0 amide bonds. The molecule has 5 rings (SSSR count). The van der Waals surface area contributed by atoms with Crippen LogP contribution in [0.2, 0.25) is 0 Å². The molecule has 0 N–H and O–H groups in total. The molecule has 0 aromatic heterocycles. The van der Waals surface area contributed by atoms with Crippen LogP contribution in [0.3, 0.4) is 0 Å². The smallest absolute Gasteiger partial charge is 0.0116 e. The molecule has 0 radical (unpaired) electrons. The van der Waals surface area contributed by atoms with Crippen molar-refractivity contribution in [3.63, 3.8) is 0 Å². The Kier molecular flexibility index (Phi) is 2.01. The van der Waals surface area contributed by atoms with Crippen LogP contribution in [0.1, 0.15) is 32.6 Å². The second-order valence-corrected chi connectivity index (χ2v) is 9.36. The molecule has 3 fully saturated rings. The van der Waals surface area contributed by atoms with Crippen LogP contribution in [0, 0.1) is 35.0 Å². The van der Waals surface area contributed by atoms with Crippen LogP contribution in [-0.2, 0) is 0 Å². The van der Waals surface area contributed by atoms with Gasteiger partial charge in [0.25, 0.3) is 0 Å². The molecule has 98 valence electrons. The second kappa shape index (κ2) is 3.22. The normalized spacial score (nSPS) is 63.2. The molecule has 2 heteroatoms. The van der Waals surface area contributed by atoms with E-state index in [1.54, 1.807) is 0 Å². The Labute approximate surface area is 118 Å². The predicted molar refractivity (Wildman–Crippen MR) is 81.9 cm³/mol. The van der Waals surface area contributed by atoms with Crippen molar-refractivity contribution in [2.24, 2.45) is 35.0 Å². The van der Waals surface area contributed by atoms with Crippen LogP contribution in [-0.4, -0.2) is 17.6 Å². The third-order valence-electron chi connectivity index (χ3n) is 7.30. The first-order valence-electron chi connectivity index (χ1n) is 7.80. The zero-order valence-corrected chi connectivity index (χ0v) is 13.2. The highest BCUT2D eigenvalue weighted by atomic mass is 32.1. The largest absolute Gasteiger partial charge is 0.175 e. The average Bonchev–Trinajstić information content (AvgIpc) is 3.30. The molecule has 9 atom stereocenters. The maximum atomic E-state index is 5.00. The van der Waals surface area contributed by atoms with E-state index >= 15 is 0 Å². The van der Waals surface area contributed by atoms with E-state index in [9.17, 15) is 0 Å². The molecule has 0 saturated heterocycles. The number of hydrogen-bond acceptors (Lipinski definition) is 1. The Morgan fingerprint density at radius 2 is 2.28 bits per heavy atom. The standard InChI is InChI=1S/C16H23PS/c1-3-16(10-5-7-4-8(7)13(10)16)14-9-6-11(17-2)15(18)12(9)14/h9-15,17-18H,3-6H2,1-2H3/t9?,10?,11?,12?,13-,14?,15?,16?/m0/s1. The number of thiol groups is 1. The fourth-order valence-electron chi connectivity index (χ4n) is 6.49. The highest BCUT2D eigenvalue weighted by molar-refractivity contribution is 7.81. The lowest BCUT2D eigenvalue weighted by molar-refractivity contribution is 0.315. The van der Waals surface area contributed by atoms with Gasteiger partial charge in [0, 0.05) is 5.25 Å². The highest BCUT2D eigenvalue weighted by Gasteiger charge is 2.80. The molecule has 0 aromatic carbocycles. The molecular formula is C16H23PS. The minimum atomic E-state index is 0.751. The molecule has 0 aromatic rings. The van der Waals surface area contributed by atoms with E-state index in [1.165, 1.54) is 25.7 Å². The van der Waals surface area contributed by atoms with Crippen molar-refractivity contribution >= 4 is 21.2 Å². The number of hydrogen-bond donors (Lipinski definition) is 1. The Bertz CT molecular complexity index is 470. The zero-order chi connectivity index (χ0) is 12.2. The summed E-state index contributed by atoms with van der Waals surface area (Å²) in [6, 6.07) is 0. The van der Waals surface area contributed by atoms with Gasteiger partial charge in [0.15, 0.2) is 0 Å². The third kappa shape index (κ3) is 1.05. The molecule has 3 saturated carbocycles. The number of allylic oxidation sites excluding steroid dienone is 2. The summed E-state index contributed by atoms with van der Waals surface area (Å²) in [6.45, 7) is 4.86. The Hall–Kier alpha value is 0.520. The Morgan fingerprint density at radius 1 is 1.44 bits per heavy atom. The zero-order valence-electron chi connectivity index (χ0n) is 11.3. The van der Waals surface area contributed by atoms with Gasteiger partial charge in [-0.1, -0.05) is 18.1 Å². The highest BCUT2D eigenvalue weighted by Crippen LogP contribution is 2.86. The van der Waals surface area contributed by atoms with Gasteiger partial charge in [-0.05, 0) is 73.0 Å². The van der Waals surface area contributed by atoms with Crippen LogP contribution in [0.25, 0.3) is 0 Å². The summed E-state index contributed by atoms with van der Waals surface area (Å²) in [6.07, 6.45) is 5.91. The lowest BCUT2D eigenvalue weighted by atomic mass is 9.85. The van der Waals surface area contributed by atoms with Crippen LogP contribution >= 0.6 is 21.2 Å². The first-order chi connectivity index (χ1) is 8.74. The molecular weight excluding hydrogens is 255 g/mol. The molecule has 5 aliphatic carbocycles. The topological polar surface area (TPSA) is 0 Å². The lowest BCUT2D eigenvalue weighted by Gasteiger charge is -2.25. The van der Waals surface area contributed by atoms with E-state index < -0.39 is 0 Å². The van der Waals surface area contributed by atoms with Crippen LogP contribution in [0.4, 0.5) is 0 Å². The predicted octanol–water partition coefficient (Wildman–Crippen LogP) is 3.97.